The molecule has 27 heavy (non-hydrogen) atoms. The van der Waals surface area contributed by atoms with E-state index in [0.717, 1.165) is 16.8 Å². The lowest BCUT2D eigenvalue weighted by atomic mass is 10.1. The number of benzene rings is 2. The monoisotopic (exact) mass is 402 g/mol. The van der Waals surface area contributed by atoms with Crippen molar-refractivity contribution < 1.29 is 9.18 Å². The first-order chi connectivity index (χ1) is 12.9. The minimum atomic E-state index is -0.334. The summed E-state index contributed by atoms with van der Waals surface area (Å²) in [6, 6.07) is 12.0. The van der Waals surface area contributed by atoms with Gasteiger partial charge in [0.15, 0.2) is 4.34 Å². The second-order valence-electron chi connectivity index (χ2n) is 6.02. The van der Waals surface area contributed by atoms with Crippen LogP contribution in [0.3, 0.4) is 0 Å². The SMILES string of the molecule is Cc1cccc(C)c1NC(=O)[C@H](C)Sc1nnc(Nc2cccc(F)c2)s1. The summed E-state index contributed by atoms with van der Waals surface area (Å²) in [4.78, 5) is 12.5. The number of carbonyl (C=O) groups excluding carboxylic acids is 1. The summed E-state index contributed by atoms with van der Waals surface area (Å²) in [5.41, 5.74) is 3.50. The van der Waals surface area contributed by atoms with Crippen LogP contribution in [0.2, 0.25) is 0 Å². The zero-order chi connectivity index (χ0) is 19.4. The van der Waals surface area contributed by atoms with Crippen molar-refractivity contribution in [1.82, 2.24) is 10.2 Å². The number of carbonyl (C=O) groups is 1. The van der Waals surface area contributed by atoms with E-state index < -0.39 is 0 Å². The van der Waals surface area contributed by atoms with Gasteiger partial charge in [0, 0.05) is 11.4 Å². The average Bonchev–Trinajstić information content (AvgIpc) is 3.05. The molecule has 0 fully saturated rings. The molecule has 0 unspecified atom stereocenters. The third-order valence-electron chi connectivity index (χ3n) is 3.86. The van der Waals surface area contributed by atoms with E-state index >= 15 is 0 Å². The van der Waals surface area contributed by atoms with Crippen LogP contribution in [-0.2, 0) is 4.79 Å². The number of hydrogen-bond acceptors (Lipinski definition) is 6. The minimum Gasteiger partial charge on any atom is -0.330 e. The lowest BCUT2D eigenvalue weighted by molar-refractivity contribution is -0.115. The predicted molar refractivity (Wildman–Crippen MR) is 109 cm³/mol. The van der Waals surface area contributed by atoms with E-state index in [1.807, 2.05) is 39.0 Å². The number of nitrogens with zero attached hydrogens (tertiary/aromatic N) is 2. The van der Waals surface area contributed by atoms with Crippen molar-refractivity contribution in [3.63, 3.8) is 0 Å². The molecule has 0 bridgehead atoms. The predicted octanol–water partition coefficient (Wildman–Crippen LogP) is 5.16. The van der Waals surface area contributed by atoms with Crippen LogP contribution in [0.5, 0.6) is 0 Å². The lowest BCUT2D eigenvalue weighted by Gasteiger charge is -2.14. The van der Waals surface area contributed by atoms with Crippen LogP contribution in [-0.4, -0.2) is 21.4 Å². The lowest BCUT2D eigenvalue weighted by Crippen LogP contribution is -2.23. The van der Waals surface area contributed by atoms with Gasteiger partial charge in [0.05, 0.1) is 5.25 Å². The molecule has 0 aliphatic rings. The number of rotatable bonds is 6. The van der Waals surface area contributed by atoms with Crippen LogP contribution in [0.25, 0.3) is 0 Å². The van der Waals surface area contributed by atoms with Gasteiger partial charge >= 0.3 is 0 Å². The maximum atomic E-state index is 13.3. The molecular formula is C19H19FN4OS2. The summed E-state index contributed by atoms with van der Waals surface area (Å²) in [5, 5.41) is 14.4. The van der Waals surface area contributed by atoms with Gasteiger partial charge < -0.3 is 10.6 Å². The molecule has 8 heteroatoms. The number of amides is 1. The van der Waals surface area contributed by atoms with E-state index in [1.165, 1.54) is 35.2 Å². The summed E-state index contributed by atoms with van der Waals surface area (Å²) < 4.78 is 13.9. The van der Waals surface area contributed by atoms with E-state index in [2.05, 4.69) is 20.8 Å². The third-order valence-corrected chi connectivity index (χ3v) is 5.88. The molecule has 0 saturated heterocycles. The molecule has 0 aliphatic carbocycles. The van der Waals surface area contributed by atoms with Crippen molar-refractivity contribution in [1.29, 1.82) is 0 Å². The molecule has 0 aliphatic heterocycles. The van der Waals surface area contributed by atoms with Crippen molar-refractivity contribution in [2.24, 2.45) is 0 Å². The maximum absolute atomic E-state index is 13.3. The first-order valence-electron chi connectivity index (χ1n) is 8.32. The molecule has 0 saturated carbocycles. The first-order valence-corrected chi connectivity index (χ1v) is 10.0. The number of anilines is 3. The Labute approximate surface area is 165 Å². The Morgan fingerprint density at radius 3 is 2.56 bits per heavy atom. The van der Waals surface area contributed by atoms with Crippen LogP contribution in [0.4, 0.5) is 20.9 Å². The van der Waals surface area contributed by atoms with Crippen LogP contribution >= 0.6 is 23.1 Å². The Balaban J connectivity index is 1.62. The largest absolute Gasteiger partial charge is 0.330 e. The van der Waals surface area contributed by atoms with Gasteiger partial charge in [-0.3, -0.25) is 4.79 Å². The van der Waals surface area contributed by atoms with E-state index in [9.17, 15) is 9.18 Å². The highest BCUT2D eigenvalue weighted by Gasteiger charge is 2.18. The quantitative estimate of drug-likeness (QED) is 0.558. The molecule has 0 radical (unpaired) electrons. The number of halogens is 1. The molecule has 3 aromatic rings. The fourth-order valence-corrected chi connectivity index (χ4v) is 4.36. The Morgan fingerprint density at radius 1 is 1.15 bits per heavy atom. The number of para-hydroxylation sites is 1. The minimum absolute atomic E-state index is 0.0905. The third kappa shape index (κ3) is 5.05. The topological polar surface area (TPSA) is 66.9 Å². The van der Waals surface area contributed by atoms with Gasteiger partial charge in [-0.05, 0) is 50.1 Å². The molecule has 2 N–H and O–H groups in total. The van der Waals surface area contributed by atoms with Crippen molar-refractivity contribution in [3.05, 3.63) is 59.4 Å². The smallest absolute Gasteiger partial charge is 0.237 e. The van der Waals surface area contributed by atoms with Crippen molar-refractivity contribution in [2.75, 3.05) is 10.6 Å². The zero-order valence-electron chi connectivity index (χ0n) is 15.1. The molecule has 1 aromatic heterocycles. The van der Waals surface area contributed by atoms with E-state index in [4.69, 9.17) is 0 Å². The standard InChI is InChI=1S/C19H19FN4OS2/c1-11-6-4-7-12(2)16(11)22-17(25)13(3)26-19-24-23-18(27-19)21-15-9-5-8-14(20)10-15/h4-10,13H,1-3H3,(H,21,23)(H,22,25)/t13-/m0/s1. The summed E-state index contributed by atoms with van der Waals surface area (Å²) >= 11 is 2.66. The van der Waals surface area contributed by atoms with E-state index in [-0.39, 0.29) is 17.0 Å². The Morgan fingerprint density at radius 2 is 1.85 bits per heavy atom. The molecule has 1 atom stereocenters. The van der Waals surface area contributed by atoms with Gasteiger partial charge in [0.25, 0.3) is 0 Å². The van der Waals surface area contributed by atoms with Gasteiger partial charge in [-0.25, -0.2) is 4.39 Å². The van der Waals surface area contributed by atoms with Crippen LogP contribution in [0.15, 0.2) is 46.8 Å². The summed E-state index contributed by atoms with van der Waals surface area (Å²) in [6.45, 7) is 5.76. The van der Waals surface area contributed by atoms with Gasteiger partial charge in [-0.2, -0.15) is 0 Å². The summed E-state index contributed by atoms with van der Waals surface area (Å²) in [5.74, 6) is -0.414. The first kappa shape index (κ1) is 19.3. The number of aromatic nitrogens is 2. The molecular weight excluding hydrogens is 383 g/mol. The highest BCUT2D eigenvalue weighted by molar-refractivity contribution is 8.02. The molecule has 0 spiro atoms. The van der Waals surface area contributed by atoms with E-state index in [1.54, 1.807) is 12.1 Å². The molecule has 1 heterocycles. The number of nitrogens with one attached hydrogen (secondary N) is 2. The molecule has 1 amide bonds. The fourth-order valence-electron chi connectivity index (χ4n) is 2.44. The van der Waals surface area contributed by atoms with Crippen LogP contribution < -0.4 is 10.6 Å². The van der Waals surface area contributed by atoms with E-state index in [0.29, 0.717) is 15.2 Å². The summed E-state index contributed by atoms with van der Waals surface area (Å²) in [6.07, 6.45) is 0. The van der Waals surface area contributed by atoms with Crippen molar-refractivity contribution in [3.8, 4) is 0 Å². The van der Waals surface area contributed by atoms with Crippen LogP contribution in [0, 0.1) is 19.7 Å². The molecule has 140 valence electrons. The number of thioether (sulfide) groups is 1. The number of hydrogen-bond donors (Lipinski definition) is 2. The normalized spacial score (nSPS) is 11.9. The average molecular weight is 403 g/mol. The highest BCUT2D eigenvalue weighted by Crippen LogP contribution is 2.31. The second-order valence-corrected chi connectivity index (χ2v) is 8.59. The maximum Gasteiger partial charge on any atom is 0.237 e. The summed E-state index contributed by atoms with van der Waals surface area (Å²) in [7, 11) is 0. The van der Waals surface area contributed by atoms with Crippen LogP contribution in [0.1, 0.15) is 18.1 Å². The molecule has 2 aromatic carbocycles. The van der Waals surface area contributed by atoms with Gasteiger partial charge in [0.1, 0.15) is 5.82 Å². The highest BCUT2D eigenvalue weighted by atomic mass is 32.2. The Hall–Kier alpha value is -2.45. The van der Waals surface area contributed by atoms with Crippen molar-refractivity contribution >= 4 is 45.5 Å². The molecule has 3 rings (SSSR count). The zero-order valence-corrected chi connectivity index (χ0v) is 16.7. The fraction of sp³-hybridized carbons (Fsp3) is 0.211. The second kappa shape index (κ2) is 8.49. The Kier molecular flexibility index (Phi) is 6.08. The Bertz CT molecular complexity index is 940. The van der Waals surface area contributed by atoms with Gasteiger partial charge in [-0.1, -0.05) is 47.4 Å². The van der Waals surface area contributed by atoms with Crippen molar-refractivity contribution in [2.45, 2.75) is 30.4 Å². The van der Waals surface area contributed by atoms with Gasteiger partial charge in [0.2, 0.25) is 11.0 Å². The number of aryl methyl sites for hydroxylation is 2. The molecule has 5 nitrogen and oxygen atoms in total. The van der Waals surface area contributed by atoms with Gasteiger partial charge in [-0.15, -0.1) is 10.2 Å².